The number of carbonyl (C=O) groups is 1. The van der Waals surface area contributed by atoms with Gasteiger partial charge in [0.25, 0.3) is 0 Å². The van der Waals surface area contributed by atoms with Crippen LogP contribution in [0, 0.1) is 0 Å². The summed E-state index contributed by atoms with van der Waals surface area (Å²) in [6, 6.07) is 15.2. The first-order chi connectivity index (χ1) is 16.7. The highest BCUT2D eigenvalue weighted by molar-refractivity contribution is 5.89. The number of aryl methyl sites for hydroxylation is 2. The lowest BCUT2D eigenvalue weighted by atomic mass is 9.89. The molecular weight excluding hydrogens is 455 g/mol. The molecule has 5 nitrogen and oxygen atoms in total. The molecule has 0 fully saturated rings. The number of benzene rings is 2. The number of nitrogens with zero attached hydrogens (tertiary/aromatic N) is 2. The van der Waals surface area contributed by atoms with Crippen LogP contribution in [0.2, 0.25) is 0 Å². The van der Waals surface area contributed by atoms with Crippen LogP contribution in [0.25, 0.3) is 0 Å². The molecule has 35 heavy (non-hydrogen) atoms. The van der Waals surface area contributed by atoms with Crippen LogP contribution in [0.5, 0.6) is 0 Å². The summed E-state index contributed by atoms with van der Waals surface area (Å²) < 4.78 is 37.4. The highest BCUT2D eigenvalue weighted by Crippen LogP contribution is 2.32. The zero-order valence-electron chi connectivity index (χ0n) is 19.5. The molecule has 1 aliphatic heterocycles. The van der Waals surface area contributed by atoms with Crippen LogP contribution in [-0.2, 0) is 19.3 Å². The zero-order chi connectivity index (χ0) is 25.0. The van der Waals surface area contributed by atoms with E-state index in [1.165, 1.54) is 23.4 Å². The molecule has 0 unspecified atom stereocenters. The standard InChI is InChI=1S/C27H28F3N3O2/c1-33(21-5-2-18(3-6-21)10-13-27(28,29)30)22-7-8-23-19(16-22)11-15-32-25(23)9-4-20-17-31-14-12-24(20)26(34)35/h2-3,5-8,12,14,16-17,25,32H,4,9-11,13,15H2,1H3,(H,34,35)/t25-/m1/s1. The molecule has 0 radical (unpaired) electrons. The van der Waals surface area contributed by atoms with Gasteiger partial charge in [0, 0.05) is 43.3 Å². The highest BCUT2D eigenvalue weighted by atomic mass is 19.4. The lowest BCUT2D eigenvalue weighted by Crippen LogP contribution is -2.30. The van der Waals surface area contributed by atoms with Gasteiger partial charge < -0.3 is 15.3 Å². The molecule has 2 aromatic carbocycles. The number of carboxylic acids is 1. The Hall–Kier alpha value is -3.39. The van der Waals surface area contributed by atoms with E-state index < -0.39 is 18.6 Å². The molecule has 0 amide bonds. The zero-order valence-corrected chi connectivity index (χ0v) is 19.5. The van der Waals surface area contributed by atoms with Crippen molar-refractivity contribution in [3.8, 4) is 0 Å². The first-order valence-electron chi connectivity index (χ1n) is 11.6. The van der Waals surface area contributed by atoms with Gasteiger partial charge in [-0.15, -0.1) is 0 Å². The van der Waals surface area contributed by atoms with E-state index in [0.29, 0.717) is 12.0 Å². The van der Waals surface area contributed by atoms with Crippen LogP contribution in [-0.4, -0.2) is 35.8 Å². The average molecular weight is 484 g/mol. The van der Waals surface area contributed by atoms with Crippen LogP contribution in [0.4, 0.5) is 24.5 Å². The fourth-order valence-corrected chi connectivity index (χ4v) is 4.56. The van der Waals surface area contributed by atoms with Gasteiger partial charge in [0.2, 0.25) is 0 Å². The maximum absolute atomic E-state index is 12.5. The van der Waals surface area contributed by atoms with Gasteiger partial charge in [-0.1, -0.05) is 18.2 Å². The summed E-state index contributed by atoms with van der Waals surface area (Å²) in [6.45, 7) is 0.831. The van der Waals surface area contributed by atoms with Gasteiger partial charge >= 0.3 is 12.1 Å². The lowest BCUT2D eigenvalue weighted by Gasteiger charge is -2.29. The van der Waals surface area contributed by atoms with Crippen molar-refractivity contribution in [3.63, 3.8) is 0 Å². The van der Waals surface area contributed by atoms with E-state index in [1.807, 2.05) is 30.1 Å². The van der Waals surface area contributed by atoms with Crippen molar-refractivity contribution < 1.29 is 23.1 Å². The van der Waals surface area contributed by atoms with Gasteiger partial charge in [0.1, 0.15) is 0 Å². The number of fused-ring (bicyclic) bond motifs is 1. The van der Waals surface area contributed by atoms with Crippen LogP contribution >= 0.6 is 0 Å². The van der Waals surface area contributed by atoms with Crippen molar-refractivity contribution in [2.75, 3.05) is 18.5 Å². The maximum atomic E-state index is 12.5. The topological polar surface area (TPSA) is 65.5 Å². The number of rotatable bonds is 8. The van der Waals surface area contributed by atoms with E-state index in [0.717, 1.165) is 36.3 Å². The summed E-state index contributed by atoms with van der Waals surface area (Å²) in [6.07, 6.45) is 0.380. The first kappa shape index (κ1) is 24.7. The molecule has 4 rings (SSSR count). The van der Waals surface area contributed by atoms with Gasteiger partial charge in [-0.2, -0.15) is 13.2 Å². The number of hydrogen-bond donors (Lipinski definition) is 2. The number of carboxylic acid groups (broad SMARTS) is 1. The van der Waals surface area contributed by atoms with Crippen molar-refractivity contribution >= 4 is 17.3 Å². The molecule has 1 aliphatic rings. The Morgan fingerprint density at radius 1 is 1.11 bits per heavy atom. The predicted octanol–water partition coefficient (Wildman–Crippen LogP) is 5.86. The minimum Gasteiger partial charge on any atom is -0.478 e. The van der Waals surface area contributed by atoms with Gasteiger partial charge in [-0.25, -0.2) is 4.79 Å². The highest BCUT2D eigenvalue weighted by Gasteiger charge is 2.26. The molecule has 8 heteroatoms. The van der Waals surface area contributed by atoms with Gasteiger partial charge in [0.15, 0.2) is 0 Å². The fraction of sp³-hybridized carbons (Fsp3) is 0.333. The van der Waals surface area contributed by atoms with Crippen molar-refractivity contribution in [2.45, 2.75) is 44.3 Å². The summed E-state index contributed by atoms with van der Waals surface area (Å²) in [7, 11) is 1.95. The van der Waals surface area contributed by atoms with Gasteiger partial charge in [-0.3, -0.25) is 4.98 Å². The molecule has 1 atom stereocenters. The summed E-state index contributed by atoms with van der Waals surface area (Å²) in [5.41, 5.74) is 6.04. The molecule has 0 saturated carbocycles. The molecule has 0 saturated heterocycles. The number of halogens is 3. The number of aromatic nitrogens is 1. The third-order valence-electron chi connectivity index (χ3n) is 6.53. The summed E-state index contributed by atoms with van der Waals surface area (Å²) >= 11 is 0. The van der Waals surface area contributed by atoms with E-state index in [-0.39, 0.29) is 18.0 Å². The van der Waals surface area contributed by atoms with Crippen molar-refractivity contribution in [3.05, 3.63) is 88.7 Å². The normalized spacial score (nSPS) is 15.5. The molecule has 0 bridgehead atoms. The Balaban J connectivity index is 1.45. The molecule has 3 aromatic rings. The lowest BCUT2D eigenvalue weighted by molar-refractivity contribution is -0.134. The number of anilines is 2. The molecule has 184 valence electrons. The fourth-order valence-electron chi connectivity index (χ4n) is 4.56. The van der Waals surface area contributed by atoms with Crippen LogP contribution in [0.15, 0.2) is 60.9 Å². The van der Waals surface area contributed by atoms with E-state index in [4.69, 9.17) is 0 Å². The minimum atomic E-state index is -4.15. The van der Waals surface area contributed by atoms with Gasteiger partial charge in [0.05, 0.1) is 5.56 Å². The molecule has 2 N–H and O–H groups in total. The quantitative estimate of drug-likeness (QED) is 0.420. The largest absolute Gasteiger partial charge is 0.478 e. The van der Waals surface area contributed by atoms with E-state index >= 15 is 0 Å². The van der Waals surface area contributed by atoms with Crippen molar-refractivity contribution in [2.24, 2.45) is 0 Å². The summed E-state index contributed by atoms with van der Waals surface area (Å²) in [5.74, 6) is -0.944. The number of nitrogens with one attached hydrogen (secondary N) is 1. The predicted molar refractivity (Wildman–Crippen MR) is 129 cm³/mol. The van der Waals surface area contributed by atoms with Crippen LogP contribution in [0.1, 0.15) is 51.5 Å². The Morgan fingerprint density at radius 2 is 1.86 bits per heavy atom. The molecule has 2 heterocycles. The number of hydrogen-bond acceptors (Lipinski definition) is 4. The second-order valence-electron chi connectivity index (χ2n) is 8.86. The first-order valence-corrected chi connectivity index (χ1v) is 11.6. The SMILES string of the molecule is CN(c1ccc(CCC(F)(F)F)cc1)c1ccc2c(c1)CCN[C@@H]2CCc1cnccc1C(=O)O. The van der Waals surface area contributed by atoms with Crippen molar-refractivity contribution in [1.82, 2.24) is 10.3 Å². The Labute approximate surface area is 202 Å². The van der Waals surface area contributed by atoms with E-state index in [9.17, 15) is 23.1 Å². The Kier molecular flexibility index (Phi) is 7.40. The monoisotopic (exact) mass is 483 g/mol. The van der Waals surface area contributed by atoms with Crippen molar-refractivity contribution in [1.29, 1.82) is 0 Å². The average Bonchev–Trinajstić information content (AvgIpc) is 2.85. The Morgan fingerprint density at radius 3 is 2.57 bits per heavy atom. The smallest absolute Gasteiger partial charge is 0.389 e. The third-order valence-corrected chi connectivity index (χ3v) is 6.53. The summed E-state index contributed by atoms with van der Waals surface area (Å²) in [4.78, 5) is 17.6. The number of alkyl halides is 3. The molecule has 0 aliphatic carbocycles. The Bertz CT molecular complexity index is 1180. The molecule has 1 aromatic heterocycles. The number of aromatic carboxylic acids is 1. The summed E-state index contributed by atoms with van der Waals surface area (Å²) in [5, 5.41) is 13.0. The van der Waals surface area contributed by atoms with Crippen LogP contribution in [0.3, 0.4) is 0 Å². The number of pyridine rings is 1. The molecular formula is C27H28F3N3O2. The second kappa shape index (κ2) is 10.5. The van der Waals surface area contributed by atoms with Gasteiger partial charge in [-0.05, 0) is 84.8 Å². The third kappa shape index (κ3) is 6.19. The van der Waals surface area contributed by atoms with E-state index in [1.54, 1.807) is 18.3 Å². The second-order valence-corrected chi connectivity index (χ2v) is 8.86. The minimum absolute atomic E-state index is 0.0201. The molecule has 0 spiro atoms. The maximum Gasteiger partial charge on any atom is 0.389 e. The van der Waals surface area contributed by atoms with E-state index in [2.05, 4.69) is 22.4 Å². The van der Waals surface area contributed by atoms with Crippen LogP contribution < -0.4 is 10.2 Å².